The Labute approximate surface area is 128 Å². The minimum Gasteiger partial charge on any atom is -0.335 e. The first-order valence-corrected chi connectivity index (χ1v) is 14.9. The average molecular weight is 310 g/mol. The molecule has 0 spiro atoms. The van der Waals surface area contributed by atoms with Crippen molar-refractivity contribution in [3.63, 3.8) is 0 Å². The molecule has 1 aliphatic rings. The first-order chi connectivity index (χ1) is 8.72. The van der Waals surface area contributed by atoms with Gasteiger partial charge in [-0.3, -0.25) is 0 Å². The SMILES string of the molecule is CC1=C(C)C([Si](C)(C)[Si](C)(C)NC(C)(C)C)C(C)=C1C. The van der Waals surface area contributed by atoms with Gasteiger partial charge >= 0.3 is 0 Å². The molecule has 1 rings (SSSR count). The third kappa shape index (κ3) is 3.05. The molecule has 0 radical (unpaired) electrons. The summed E-state index contributed by atoms with van der Waals surface area (Å²) < 4.78 is 0. The van der Waals surface area contributed by atoms with Crippen LogP contribution in [0.2, 0.25) is 31.7 Å². The minimum absolute atomic E-state index is 0.220. The summed E-state index contributed by atoms with van der Waals surface area (Å²) in [7, 11) is -2.86. The molecule has 0 aromatic carbocycles. The van der Waals surface area contributed by atoms with Crippen LogP contribution in [-0.2, 0) is 0 Å². The van der Waals surface area contributed by atoms with E-state index in [2.05, 4.69) is 79.6 Å². The summed E-state index contributed by atoms with van der Waals surface area (Å²) in [4.78, 5) is 4.04. The van der Waals surface area contributed by atoms with E-state index in [1.807, 2.05) is 0 Å². The van der Waals surface area contributed by atoms with E-state index < -0.39 is 15.3 Å². The largest absolute Gasteiger partial charge is 0.335 e. The Morgan fingerprint density at radius 1 is 0.800 bits per heavy atom. The maximum Gasteiger partial charge on any atom is 0.110 e. The van der Waals surface area contributed by atoms with Gasteiger partial charge in [0.1, 0.15) is 7.75 Å². The van der Waals surface area contributed by atoms with Crippen molar-refractivity contribution in [2.45, 2.75) is 85.7 Å². The van der Waals surface area contributed by atoms with Gasteiger partial charge in [-0.05, 0) is 65.2 Å². The molecule has 0 atom stereocenters. The normalized spacial score (nSPS) is 19.4. The van der Waals surface area contributed by atoms with Gasteiger partial charge < -0.3 is 4.98 Å². The summed E-state index contributed by atoms with van der Waals surface area (Å²) >= 11 is 0. The van der Waals surface area contributed by atoms with E-state index >= 15 is 0 Å². The Balaban J connectivity index is 3.24. The molecule has 0 aromatic rings. The molecule has 0 fully saturated rings. The predicted octanol–water partition coefficient (Wildman–Crippen LogP) is 5.42. The molecular weight excluding hydrogens is 274 g/mol. The van der Waals surface area contributed by atoms with Gasteiger partial charge in [0.05, 0.1) is 7.59 Å². The van der Waals surface area contributed by atoms with Gasteiger partial charge in [-0.15, -0.1) is 0 Å². The summed E-state index contributed by atoms with van der Waals surface area (Å²) in [6.45, 7) is 26.6. The van der Waals surface area contributed by atoms with Gasteiger partial charge in [-0.25, -0.2) is 0 Å². The molecule has 1 N–H and O–H groups in total. The van der Waals surface area contributed by atoms with Crippen molar-refractivity contribution < 1.29 is 0 Å². The zero-order chi connectivity index (χ0) is 16.1. The van der Waals surface area contributed by atoms with Crippen molar-refractivity contribution in [1.82, 2.24) is 4.98 Å². The van der Waals surface area contributed by atoms with Crippen molar-refractivity contribution in [2.75, 3.05) is 0 Å². The maximum absolute atomic E-state index is 4.04. The zero-order valence-corrected chi connectivity index (χ0v) is 17.6. The summed E-state index contributed by atoms with van der Waals surface area (Å²) in [5.41, 5.74) is 7.35. The van der Waals surface area contributed by atoms with Crippen LogP contribution in [0, 0.1) is 0 Å². The molecule has 0 bridgehead atoms. The first-order valence-electron chi connectivity index (χ1n) is 7.87. The van der Waals surface area contributed by atoms with E-state index in [1.165, 1.54) is 0 Å². The molecule has 0 amide bonds. The summed E-state index contributed by atoms with van der Waals surface area (Å²) in [6, 6.07) is 0. The van der Waals surface area contributed by atoms with Crippen molar-refractivity contribution in [3.05, 3.63) is 22.3 Å². The molecule has 116 valence electrons. The Kier molecular flexibility index (Phi) is 4.71. The van der Waals surface area contributed by atoms with Crippen LogP contribution < -0.4 is 4.98 Å². The topological polar surface area (TPSA) is 12.0 Å². The number of nitrogens with one attached hydrogen (secondary N) is 1. The Hall–Kier alpha value is -0.126. The second-order valence-corrected chi connectivity index (χ2v) is 23.9. The number of hydrogen-bond donors (Lipinski definition) is 1. The lowest BCUT2D eigenvalue weighted by Gasteiger charge is -2.47. The van der Waals surface area contributed by atoms with E-state index in [9.17, 15) is 0 Å². The van der Waals surface area contributed by atoms with Gasteiger partial charge in [-0.1, -0.05) is 37.3 Å². The Morgan fingerprint density at radius 2 is 1.15 bits per heavy atom. The van der Waals surface area contributed by atoms with E-state index in [1.54, 1.807) is 22.3 Å². The fraction of sp³-hybridized carbons (Fsp3) is 0.765. The van der Waals surface area contributed by atoms with Crippen molar-refractivity contribution in [1.29, 1.82) is 0 Å². The first kappa shape index (κ1) is 17.9. The smallest absolute Gasteiger partial charge is 0.110 e. The van der Waals surface area contributed by atoms with Crippen molar-refractivity contribution in [2.24, 2.45) is 0 Å². The van der Waals surface area contributed by atoms with Crippen LogP contribution in [0.4, 0.5) is 0 Å². The molecule has 1 aliphatic carbocycles. The lowest BCUT2D eigenvalue weighted by molar-refractivity contribution is 0.516. The highest BCUT2D eigenvalue weighted by molar-refractivity contribution is 7.40. The van der Waals surface area contributed by atoms with Crippen LogP contribution in [0.15, 0.2) is 22.3 Å². The molecule has 0 aromatic heterocycles. The Morgan fingerprint density at radius 3 is 1.45 bits per heavy atom. The molecule has 0 heterocycles. The van der Waals surface area contributed by atoms with E-state index in [-0.39, 0.29) is 5.54 Å². The highest BCUT2D eigenvalue weighted by atomic mass is 29.3. The minimum atomic E-state index is -1.45. The average Bonchev–Trinajstić information content (AvgIpc) is 2.39. The molecular formula is C17H35NSi2. The van der Waals surface area contributed by atoms with E-state index in [0.29, 0.717) is 0 Å². The molecule has 1 nitrogen and oxygen atoms in total. The lowest BCUT2D eigenvalue weighted by Crippen LogP contribution is -2.70. The van der Waals surface area contributed by atoms with Crippen molar-refractivity contribution in [3.8, 4) is 0 Å². The van der Waals surface area contributed by atoms with E-state index in [4.69, 9.17) is 0 Å². The molecule has 20 heavy (non-hydrogen) atoms. The predicted molar refractivity (Wildman–Crippen MR) is 98.4 cm³/mol. The van der Waals surface area contributed by atoms with Gasteiger partial charge in [-0.2, -0.15) is 0 Å². The summed E-state index contributed by atoms with van der Waals surface area (Å²) in [5, 5.41) is 0. The van der Waals surface area contributed by atoms with E-state index in [0.717, 1.165) is 5.54 Å². The zero-order valence-electron chi connectivity index (χ0n) is 15.6. The molecule has 0 aliphatic heterocycles. The van der Waals surface area contributed by atoms with Gasteiger partial charge in [0.15, 0.2) is 0 Å². The molecule has 3 heteroatoms. The summed E-state index contributed by atoms with van der Waals surface area (Å²) in [6.07, 6.45) is 0. The van der Waals surface area contributed by atoms with Crippen LogP contribution >= 0.6 is 0 Å². The standard InChI is InChI=1S/C17H35NSi2/c1-12-13(2)15(4)16(14(12)3)19(8,9)20(10,11)18-17(5,6)7/h16,18H,1-11H3. The lowest BCUT2D eigenvalue weighted by atomic mass is 10.1. The third-order valence-electron chi connectivity index (χ3n) is 5.63. The third-order valence-corrected chi connectivity index (χ3v) is 23.4. The van der Waals surface area contributed by atoms with Crippen LogP contribution in [-0.4, -0.2) is 20.9 Å². The Bertz CT molecular complexity index is 438. The fourth-order valence-electron chi connectivity index (χ4n) is 3.89. The summed E-state index contributed by atoms with van der Waals surface area (Å²) in [5.74, 6) is 0. The number of hydrogen-bond acceptors (Lipinski definition) is 1. The molecule has 0 saturated heterocycles. The quantitative estimate of drug-likeness (QED) is 0.686. The monoisotopic (exact) mass is 309 g/mol. The number of allylic oxidation sites excluding steroid dienone is 4. The highest BCUT2D eigenvalue weighted by Crippen LogP contribution is 2.48. The van der Waals surface area contributed by atoms with Crippen LogP contribution in [0.5, 0.6) is 0 Å². The fourth-order valence-corrected chi connectivity index (χ4v) is 15.0. The second kappa shape index (κ2) is 5.25. The number of rotatable bonds is 3. The molecule has 0 unspecified atom stereocenters. The van der Waals surface area contributed by atoms with Gasteiger partial charge in [0, 0.05) is 5.54 Å². The van der Waals surface area contributed by atoms with Crippen LogP contribution in [0.1, 0.15) is 48.5 Å². The maximum atomic E-state index is 4.04. The highest BCUT2D eigenvalue weighted by Gasteiger charge is 2.50. The van der Waals surface area contributed by atoms with Crippen molar-refractivity contribution >= 4 is 15.3 Å². The van der Waals surface area contributed by atoms with Gasteiger partial charge in [0.25, 0.3) is 0 Å². The van der Waals surface area contributed by atoms with Crippen LogP contribution in [0.25, 0.3) is 0 Å². The van der Waals surface area contributed by atoms with Gasteiger partial charge in [0.2, 0.25) is 0 Å². The van der Waals surface area contributed by atoms with Crippen LogP contribution in [0.3, 0.4) is 0 Å². The molecule has 0 saturated carbocycles. The second-order valence-electron chi connectivity index (χ2n) is 8.77.